The molecule has 0 aromatic carbocycles. The Kier molecular flexibility index (Phi) is 6.07. The first-order valence-corrected chi connectivity index (χ1v) is 6.45. The summed E-state index contributed by atoms with van der Waals surface area (Å²) in [4.78, 5) is 22.1. The normalized spacial score (nSPS) is 19.4. The average molecular weight is 258 g/mol. The van der Waals surface area contributed by atoms with E-state index < -0.39 is 18.1 Å². The summed E-state index contributed by atoms with van der Waals surface area (Å²) in [6.07, 6.45) is 5.29. The van der Waals surface area contributed by atoms with Crippen LogP contribution in [0.15, 0.2) is 0 Å². The van der Waals surface area contributed by atoms with Crippen LogP contribution in [0.5, 0.6) is 0 Å². The van der Waals surface area contributed by atoms with E-state index >= 15 is 0 Å². The number of hydrogen-bond acceptors (Lipinski definition) is 5. The number of aliphatic carboxylic acids is 1. The summed E-state index contributed by atoms with van der Waals surface area (Å²) in [5.41, 5.74) is 11.0. The number of carbonyl (C=O) groups is 2. The first kappa shape index (κ1) is 14.9. The Morgan fingerprint density at radius 1 is 1.17 bits per heavy atom. The van der Waals surface area contributed by atoms with Crippen LogP contribution in [-0.4, -0.2) is 35.2 Å². The maximum Gasteiger partial charge on any atom is 0.323 e. The van der Waals surface area contributed by atoms with E-state index in [0.29, 0.717) is 19.3 Å². The van der Waals surface area contributed by atoms with Crippen molar-refractivity contribution in [1.29, 1.82) is 0 Å². The second-order valence-electron chi connectivity index (χ2n) is 4.83. The zero-order valence-corrected chi connectivity index (χ0v) is 10.5. The lowest BCUT2D eigenvalue weighted by Crippen LogP contribution is -2.35. The molecule has 1 unspecified atom stereocenters. The number of rotatable bonds is 7. The van der Waals surface area contributed by atoms with Crippen LogP contribution in [0.1, 0.15) is 44.9 Å². The zero-order valence-electron chi connectivity index (χ0n) is 10.5. The Bertz CT molecular complexity index is 290. The molecular weight excluding hydrogens is 236 g/mol. The van der Waals surface area contributed by atoms with Crippen molar-refractivity contribution in [3.8, 4) is 0 Å². The highest BCUT2D eigenvalue weighted by atomic mass is 16.5. The van der Waals surface area contributed by atoms with Crippen LogP contribution >= 0.6 is 0 Å². The molecule has 6 nitrogen and oxygen atoms in total. The van der Waals surface area contributed by atoms with Gasteiger partial charge >= 0.3 is 11.9 Å². The minimum absolute atomic E-state index is 0.0184. The number of esters is 1. The molecule has 0 heterocycles. The topological polar surface area (TPSA) is 116 Å². The Balaban J connectivity index is 2.16. The van der Waals surface area contributed by atoms with Gasteiger partial charge in [-0.2, -0.15) is 0 Å². The summed E-state index contributed by atoms with van der Waals surface area (Å²) in [5.74, 6) is -1.41. The van der Waals surface area contributed by atoms with Gasteiger partial charge in [-0.15, -0.1) is 0 Å². The maximum absolute atomic E-state index is 11.6. The maximum atomic E-state index is 11.6. The molecule has 1 saturated carbocycles. The molecule has 0 bridgehead atoms. The number of ether oxygens (including phenoxy) is 1. The Labute approximate surface area is 107 Å². The van der Waals surface area contributed by atoms with Crippen LogP contribution in [0, 0.1) is 0 Å². The molecule has 0 spiro atoms. The average Bonchev–Trinajstić information content (AvgIpc) is 2.81. The molecule has 0 radical (unpaired) electrons. The molecule has 1 rings (SSSR count). The van der Waals surface area contributed by atoms with Crippen LogP contribution in [0.4, 0.5) is 0 Å². The molecule has 0 aliphatic heterocycles. The number of nitrogens with two attached hydrogens (primary N) is 2. The van der Waals surface area contributed by atoms with E-state index in [1.807, 2.05) is 0 Å². The SMILES string of the molecule is NC(CCC[C@H](N)C(=O)O)C(=O)OC1CCCC1. The van der Waals surface area contributed by atoms with E-state index in [0.717, 1.165) is 25.7 Å². The largest absolute Gasteiger partial charge is 0.480 e. The molecule has 0 saturated heterocycles. The highest BCUT2D eigenvalue weighted by Crippen LogP contribution is 2.21. The third-order valence-electron chi connectivity index (χ3n) is 3.24. The van der Waals surface area contributed by atoms with Crippen LogP contribution in [0.3, 0.4) is 0 Å². The van der Waals surface area contributed by atoms with Crippen molar-refractivity contribution < 1.29 is 19.4 Å². The summed E-state index contributed by atoms with van der Waals surface area (Å²) < 4.78 is 5.27. The first-order valence-electron chi connectivity index (χ1n) is 6.45. The quantitative estimate of drug-likeness (QED) is 0.569. The molecule has 0 aromatic heterocycles. The molecule has 18 heavy (non-hydrogen) atoms. The van der Waals surface area contributed by atoms with Crippen molar-refractivity contribution in [3.05, 3.63) is 0 Å². The van der Waals surface area contributed by atoms with Crippen molar-refractivity contribution in [2.75, 3.05) is 0 Å². The summed E-state index contributed by atoms with van der Waals surface area (Å²) in [6, 6.07) is -1.56. The third-order valence-corrected chi connectivity index (χ3v) is 3.24. The molecule has 104 valence electrons. The first-order chi connectivity index (χ1) is 8.50. The van der Waals surface area contributed by atoms with E-state index in [9.17, 15) is 9.59 Å². The van der Waals surface area contributed by atoms with Crippen LogP contribution in [-0.2, 0) is 14.3 Å². The standard InChI is InChI=1S/C12H22N2O4/c13-9(11(15)16)6-3-7-10(14)12(17)18-8-4-1-2-5-8/h8-10H,1-7,13-14H2,(H,15,16)/t9-,10?/m0/s1. The molecule has 0 aromatic rings. The predicted octanol–water partition coefficient (Wildman–Crippen LogP) is 0.382. The molecule has 1 aliphatic rings. The van der Waals surface area contributed by atoms with Gasteiger partial charge in [0, 0.05) is 0 Å². The van der Waals surface area contributed by atoms with Gasteiger partial charge in [0.25, 0.3) is 0 Å². The number of carboxylic acid groups (broad SMARTS) is 1. The van der Waals surface area contributed by atoms with Gasteiger partial charge in [-0.25, -0.2) is 0 Å². The molecular formula is C12H22N2O4. The lowest BCUT2D eigenvalue weighted by molar-refractivity contribution is -0.150. The Hall–Kier alpha value is -1.14. The predicted molar refractivity (Wildman–Crippen MR) is 65.8 cm³/mol. The lowest BCUT2D eigenvalue weighted by atomic mass is 10.1. The fourth-order valence-electron chi connectivity index (χ4n) is 2.06. The van der Waals surface area contributed by atoms with Crippen molar-refractivity contribution in [2.24, 2.45) is 11.5 Å². The van der Waals surface area contributed by atoms with Gasteiger partial charge in [-0.3, -0.25) is 9.59 Å². The second-order valence-corrected chi connectivity index (χ2v) is 4.83. The van der Waals surface area contributed by atoms with Crippen LogP contribution < -0.4 is 11.5 Å². The van der Waals surface area contributed by atoms with Gasteiger partial charge in [-0.05, 0) is 44.9 Å². The van der Waals surface area contributed by atoms with E-state index in [-0.39, 0.29) is 12.1 Å². The monoisotopic (exact) mass is 258 g/mol. The minimum atomic E-state index is -1.03. The van der Waals surface area contributed by atoms with Gasteiger partial charge in [0.15, 0.2) is 0 Å². The number of hydrogen-bond donors (Lipinski definition) is 3. The van der Waals surface area contributed by atoms with Gasteiger partial charge in [0.05, 0.1) is 0 Å². The fourth-order valence-corrected chi connectivity index (χ4v) is 2.06. The minimum Gasteiger partial charge on any atom is -0.480 e. The van der Waals surface area contributed by atoms with Crippen LogP contribution in [0.2, 0.25) is 0 Å². The zero-order chi connectivity index (χ0) is 13.5. The molecule has 1 fully saturated rings. The second kappa shape index (κ2) is 7.33. The Morgan fingerprint density at radius 2 is 1.72 bits per heavy atom. The van der Waals surface area contributed by atoms with Crippen molar-refractivity contribution in [3.63, 3.8) is 0 Å². The molecule has 5 N–H and O–H groups in total. The van der Waals surface area contributed by atoms with Gasteiger partial charge in [0.1, 0.15) is 18.2 Å². The fraction of sp³-hybridized carbons (Fsp3) is 0.833. The summed E-state index contributed by atoms with van der Waals surface area (Å²) in [7, 11) is 0. The van der Waals surface area contributed by atoms with Crippen molar-refractivity contribution in [2.45, 2.75) is 63.1 Å². The smallest absolute Gasteiger partial charge is 0.323 e. The molecule has 1 aliphatic carbocycles. The number of carbonyl (C=O) groups excluding carboxylic acids is 1. The Morgan fingerprint density at radius 3 is 2.28 bits per heavy atom. The summed E-state index contributed by atoms with van der Waals surface area (Å²) >= 11 is 0. The van der Waals surface area contributed by atoms with Crippen molar-refractivity contribution >= 4 is 11.9 Å². The van der Waals surface area contributed by atoms with Gasteiger partial charge in [0.2, 0.25) is 0 Å². The van der Waals surface area contributed by atoms with Gasteiger partial charge in [-0.1, -0.05) is 0 Å². The summed E-state index contributed by atoms with van der Waals surface area (Å²) in [5, 5.41) is 8.60. The molecule has 2 atom stereocenters. The highest BCUT2D eigenvalue weighted by molar-refractivity contribution is 5.75. The van der Waals surface area contributed by atoms with E-state index in [2.05, 4.69) is 0 Å². The number of carboxylic acids is 1. The van der Waals surface area contributed by atoms with E-state index in [1.54, 1.807) is 0 Å². The van der Waals surface area contributed by atoms with E-state index in [4.69, 9.17) is 21.3 Å². The third kappa shape index (κ3) is 5.01. The molecule has 6 heteroatoms. The molecule has 0 amide bonds. The van der Waals surface area contributed by atoms with Crippen LogP contribution in [0.25, 0.3) is 0 Å². The highest BCUT2D eigenvalue weighted by Gasteiger charge is 2.23. The van der Waals surface area contributed by atoms with E-state index in [1.165, 1.54) is 0 Å². The van der Waals surface area contributed by atoms with Crippen molar-refractivity contribution in [1.82, 2.24) is 0 Å². The lowest BCUT2D eigenvalue weighted by Gasteiger charge is -2.16. The van der Waals surface area contributed by atoms with Gasteiger partial charge < -0.3 is 21.3 Å². The summed E-state index contributed by atoms with van der Waals surface area (Å²) in [6.45, 7) is 0.